The van der Waals surface area contributed by atoms with Gasteiger partial charge in [-0.25, -0.2) is 0 Å². The predicted octanol–water partition coefficient (Wildman–Crippen LogP) is 3.23. The molecule has 4 rings (SSSR count). The molecule has 8 atom stereocenters. The third-order valence-electron chi connectivity index (χ3n) is 9.49. The van der Waals surface area contributed by atoms with Crippen LogP contribution in [0.4, 0.5) is 0 Å². The Labute approximate surface area is 156 Å². The van der Waals surface area contributed by atoms with Gasteiger partial charge in [-0.15, -0.1) is 0 Å². The Balaban J connectivity index is 1.80. The summed E-state index contributed by atoms with van der Waals surface area (Å²) >= 11 is 0. The Kier molecular flexibility index (Phi) is 3.65. The van der Waals surface area contributed by atoms with Crippen LogP contribution < -0.4 is 5.73 Å². The monoisotopic (exact) mass is 359 g/mol. The molecule has 3 N–H and O–H groups in total. The van der Waals surface area contributed by atoms with Crippen molar-refractivity contribution < 1.29 is 14.7 Å². The lowest BCUT2D eigenvalue weighted by molar-refractivity contribution is -0.237. The number of amides is 1. The molecule has 4 fully saturated rings. The summed E-state index contributed by atoms with van der Waals surface area (Å²) in [5, 5.41) is 11.4. The maximum Gasteiger partial charge on any atom is 0.241 e. The first-order chi connectivity index (χ1) is 12.0. The molecule has 2 bridgehead atoms. The molecule has 0 saturated heterocycles. The van der Waals surface area contributed by atoms with Crippen molar-refractivity contribution >= 4 is 11.7 Å². The van der Waals surface area contributed by atoms with Crippen LogP contribution in [-0.4, -0.2) is 22.9 Å². The fourth-order valence-electron chi connectivity index (χ4n) is 8.02. The van der Waals surface area contributed by atoms with Crippen molar-refractivity contribution in [2.45, 2.75) is 72.3 Å². The SMILES string of the molecule is C[C@@H]1C[C@@]23C[C@]4(CCC2=O)[C@@H](C)[C@H](O)[C@](C)(/C=C/C(N)=O)CC[C@@]1(C)[C@H]34. The van der Waals surface area contributed by atoms with Crippen LogP contribution in [-0.2, 0) is 9.59 Å². The van der Waals surface area contributed by atoms with E-state index in [1.807, 2.05) is 6.08 Å². The number of aliphatic hydroxyl groups excluding tert-OH is 1. The van der Waals surface area contributed by atoms with Crippen molar-refractivity contribution in [3.63, 3.8) is 0 Å². The van der Waals surface area contributed by atoms with Gasteiger partial charge >= 0.3 is 0 Å². The molecular formula is C22H33NO3. The summed E-state index contributed by atoms with van der Waals surface area (Å²) < 4.78 is 0. The molecule has 4 aliphatic rings. The number of aliphatic hydroxyl groups is 1. The molecule has 0 heterocycles. The van der Waals surface area contributed by atoms with Crippen LogP contribution in [0.2, 0.25) is 0 Å². The number of carbonyl (C=O) groups excluding carboxylic acids is 2. The first-order valence-corrected chi connectivity index (χ1v) is 10.2. The maximum atomic E-state index is 12.9. The molecule has 1 amide bonds. The third kappa shape index (κ3) is 1.95. The highest BCUT2D eigenvalue weighted by Gasteiger charge is 2.79. The maximum absolute atomic E-state index is 12.9. The molecule has 0 radical (unpaired) electrons. The fourth-order valence-corrected chi connectivity index (χ4v) is 8.02. The number of hydrogen-bond donors (Lipinski definition) is 2. The quantitative estimate of drug-likeness (QED) is 0.743. The number of carbonyl (C=O) groups is 2. The molecule has 0 aromatic rings. The van der Waals surface area contributed by atoms with Gasteiger partial charge in [0.25, 0.3) is 0 Å². The van der Waals surface area contributed by atoms with Crippen molar-refractivity contribution in [2.24, 2.45) is 45.1 Å². The molecule has 0 aromatic heterocycles. The van der Waals surface area contributed by atoms with Crippen molar-refractivity contribution in [2.75, 3.05) is 0 Å². The fraction of sp³-hybridized carbons (Fsp3) is 0.818. The van der Waals surface area contributed by atoms with Gasteiger partial charge in [0.1, 0.15) is 5.78 Å². The molecule has 0 aromatic carbocycles. The summed E-state index contributed by atoms with van der Waals surface area (Å²) in [4.78, 5) is 24.2. The van der Waals surface area contributed by atoms with Crippen LogP contribution in [0.1, 0.15) is 66.2 Å². The summed E-state index contributed by atoms with van der Waals surface area (Å²) in [5.41, 5.74) is 4.96. The van der Waals surface area contributed by atoms with Gasteiger partial charge in [-0.3, -0.25) is 9.59 Å². The zero-order valence-electron chi connectivity index (χ0n) is 16.5. The van der Waals surface area contributed by atoms with Crippen molar-refractivity contribution in [3.05, 3.63) is 12.2 Å². The number of nitrogens with two attached hydrogens (primary N) is 1. The van der Waals surface area contributed by atoms with Gasteiger partial charge in [0.05, 0.1) is 6.10 Å². The summed E-state index contributed by atoms with van der Waals surface area (Å²) in [6.07, 6.45) is 8.10. The molecule has 0 aliphatic heterocycles. The van der Waals surface area contributed by atoms with E-state index in [2.05, 4.69) is 27.7 Å². The summed E-state index contributed by atoms with van der Waals surface area (Å²) in [6, 6.07) is 0. The van der Waals surface area contributed by atoms with E-state index in [1.165, 1.54) is 6.08 Å². The second-order valence-electron chi connectivity index (χ2n) is 10.5. The lowest BCUT2D eigenvalue weighted by atomic mass is 9.32. The highest BCUT2D eigenvalue weighted by molar-refractivity contribution is 5.89. The lowest BCUT2D eigenvalue weighted by Gasteiger charge is -2.71. The molecule has 4 aliphatic carbocycles. The minimum absolute atomic E-state index is 0.0646. The zero-order valence-corrected chi connectivity index (χ0v) is 16.5. The number of ketones is 1. The average Bonchev–Trinajstić information content (AvgIpc) is 2.75. The highest BCUT2D eigenvalue weighted by atomic mass is 16.3. The predicted molar refractivity (Wildman–Crippen MR) is 99.9 cm³/mol. The number of hydrogen-bond acceptors (Lipinski definition) is 3. The van der Waals surface area contributed by atoms with E-state index >= 15 is 0 Å². The first-order valence-electron chi connectivity index (χ1n) is 10.2. The van der Waals surface area contributed by atoms with E-state index in [1.54, 1.807) is 0 Å². The highest BCUT2D eigenvalue weighted by Crippen LogP contribution is 2.82. The van der Waals surface area contributed by atoms with E-state index in [-0.39, 0.29) is 22.2 Å². The van der Waals surface area contributed by atoms with Crippen molar-refractivity contribution in [3.8, 4) is 0 Å². The molecule has 26 heavy (non-hydrogen) atoms. The Hall–Kier alpha value is -1.16. The lowest BCUT2D eigenvalue weighted by Crippen LogP contribution is -2.69. The average molecular weight is 360 g/mol. The normalized spacial score (nSPS) is 55.8. The van der Waals surface area contributed by atoms with Gasteiger partial charge in [-0.1, -0.05) is 33.8 Å². The molecule has 144 valence electrons. The minimum Gasteiger partial charge on any atom is -0.392 e. The minimum atomic E-state index is -0.523. The smallest absolute Gasteiger partial charge is 0.241 e. The van der Waals surface area contributed by atoms with Crippen molar-refractivity contribution in [1.29, 1.82) is 0 Å². The second-order valence-corrected chi connectivity index (χ2v) is 10.5. The molecule has 2 spiro atoms. The molecule has 4 heteroatoms. The number of rotatable bonds is 2. The van der Waals surface area contributed by atoms with E-state index in [4.69, 9.17) is 5.73 Å². The second kappa shape index (κ2) is 5.21. The van der Waals surface area contributed by atoms with Crippen LogP contribution >= 0.6 is 0 Å². The molecule has 4 saturated carbocycles. The zero-order chi connectivity index (χ0) is 19.1. The van der Waals surface area contributed by atoms with E-state index in [0.717, 1.165) is 32.1 Å². The van der Waals surface area contributed by atoms with Crippen LogP contribution in [0, 0.1) is 39.4 Å². The van der Waals surface area contributed by atoms with Crippen LogP contribution in [0.25, 0.3) is 0 Å². The Morgan fingerprint density at radius 3 is 2.58 bits per heavy atom. The van der Waals surface area contributed by atoms with Gasteiger partial charge in [-0.2, -0.15) is 0 Å². The number of Topliss-reactive ketones (excluding diaryl/α,β-unsaturated/α-hetero) is 1. The topological polar surface area (TPSA) is 80.4 Å². The van der Waals surface area contributed by atoms with E-state index in [0.29, 0.717) is 24.0 Å². The third-order valence-corrected chi connectivity index (χ3v) is 9.49. The Morgan fingerprint density at radius 1 is 1.23 bits per heavy atom. The standard InChI is InChI=1S/C22H33NO3/c1-13-11-22-12-21(8-5-15(22)24)14(2)17(26)19(3,7-6-16(23)25)9-10-20(13,4)18(21)22/h6-7,13-14,17-18,26H,5,8-12H2,1-4H3,(H2,23,25)/b7-6+/t13-,14+,17+,18+,19-,20-,21-,22-/m1/s1. The molecule has 4 nitrogen and oxygen atoms in total. The molecule has 0 unspecified atom stereocenters. The van der Waals surface area contributed by atoms with Crippen LogP contribution in [0.3, 0.4) is 0 Å². The number of primary amides is 1. The largest absolute Gasteiger partial charge is 0.392 e. The Bertz CT molecular complexity index is 702. The van der Waals surface area contributed by atoms with Crippen LogP contribution in [0.15, 0.2) is 12.2 Å². The van der Waals surface area contributed by atoms with E-state index in [9.17, 15) is 14.7 Å². The van der Waals surface area contributed by atoms with Gasteiger partial charge in [0, 0.05) is 17.3 Å². The van der Waals surface area contributed by atoms with Gasteiger partial charge in [0.2, 0.25) is 5.91 Å². The van der Waals surface area contributed by atoms with Gasteiger partial charge in [-0.05, 0) is 66.8 Å². The first kappa shape index (κ1) is 18.2. The Morgan fingerprint density at radius 2 is 1.92 bits per heavy atom. The molecular weight excluding hydrogens is 326 g/mol. The van der Waals surface area contributed by atoms with Gasteiger partial charge in [0.15, 0.2) is 0 Å². The summed E-state index contributed by atoms with van der Waals surface area (Å²) in [7, 11) is 0. The summed E-state index contributed by atoms with van der Waals surface area (Å²) in [5.74, 6) is 1.06. The van der Waals surface area contributed by atoms with E-state index < -0.39 is 17.4 Å². The van der Waals surface area contributed by atoms with Gasteiger partial charge < -0.3 is 10.8 Å². The summed E-state index contributed by atoms with van der Waals surface area (Å²) in [6.45, 7) is 8.95. The van der Waals surface area contributed by atoms with Crippen LogP contribution in [0.5, 0.6) is 0 Å². The van der Waals surface area contributed by atoms with Crippen molar-refractivity contribution in [1.82, 2.24) is 0 Å².